The second-order valence-corrected chi connectivity index (χ2v) is 5.93. The zero-order chi connectivity index (χ0) is 16.2. The maximum Gasteiger partial charge on any atom is 0.160 e. The first kappa shape index (κ1) is 15.6. The highest BCUT2D eigenvalue weighted by Gasteiger charge is 2.14. The number of hydrogen-bond donors (Lipinski definition) is 0. The van der Waals surface area contributed by atoms with E-state index in [1.54, 1.807) is 14.2 Å². The second kappa shape index (κ2) is 6.86. The smallest absolute Gasteiger partial charge is 0.160 e. The van der Waals surface area contributed by atoms with E-state index in [1.165, 1.54) is 28.0 Å². The first-order chi connectivity index (χ1) is 11.2. The van der Waals surface area contributed by atoms with Crippen LogP contribution in [0.15, 0.2) is 41.4 Å². The zero-order valence-electron chi connectivity index (χ0n) is 14.1. The number of aliphatic imine (C=N–C) groups is 1. The van der Waals surface area contributed by atoms with Gasteiger partial charge in [-0.15, -0.1) is 0 Å². The second-order valence-electron chi connectivity index (χ2n) is 5.93. The molecule has 0 amide bonds. The minimum Gasteiger partial charge on any atom is -0.493 e. The summed E-state index contributed by atoms with van der Waals surface area (Å²) in [6.07, 6.45) is 2.95. The Hall–Kier alpha value is -2.29. The summed E-state index contributed by atoms with van der Waals surface area (Å²) < 4.78 is 10.7. The molecule has 2 aromatic rings. The number of hydrogen-bond acceptors (Lipinski definition) is 3. The Morgan fingerprint density at radius 2 is 1.78 bits per heavy atom. The summed E-state index contributed by atoms with van der Waals surface area (Å²) in [5.41, 5.74) is 6.54. The zero-order valence-corrected chi connectivity index (χ0v) is 14.1. The average Bonchev–Trinajstić information content (AvgIpc) is 2.59. The van der Waals surface area contributed by atoms with Crippen molar-refractivity contribution in [3.05, 3.63) is 58.7 Å². The number of benzene rings is 2. The molecule has 1 aliphatic rings. The van der Waals surface area contributed by atoms with Gasteiger partial charge in [-0.25, -0.2) is 0 Å². The lowest BCUT2D eigenvalue weighted by molar-refractivity contribution is 0.354. The number of rotatable bonds is 5. The van der Waals surface area contributed by atoms with Crippen LogP contribution in [-0.4, -0.2) is 26.5 Å². The van der Waals surface area contributed by atoms with Crippen LogP contribution in [0, 0.1) is 6.92 Å². The van der Waals surface area contributed by atoms with E-state index in [-0.39, 0.29) is 0 Å². The van der Waals surface area contributed by atoms with E-state index in [1.807, 2.05) is 6.07 Å². The third-order valence-corrected chi connectivity index (χ3v) is 4.35. The van der Waals surface area contributed by atoms with E-state index in [0.717, 1.165) is 37.3 Å². The van der Waals surface area contributed by atoms with Gasteiger partial charge in [0.15, 0.2) is 11.5 Å². The van der Waals surface area contributed by atoms with Gasteiger partial charge in [0.1, 0.15) is 0 Å². The average molecular weight is 309 g/mol. The molecular weight excluding hydrogens is 286 g/mol. The predicted molar refractivity (Wildman–Crippen MR) is 94.2 cm³/mol. The van der Waals surface area contributed by atoms with Crippen molar-refractivity contribution in [1.29, 1.82) is 0 Å². The summed E-state index contributed by atoms with van der Waals surface area (Å²) >= 11 is 0. The van der Waals surface area contributed by atoms with Gasteiger partial charge in [0, 0.05) is 12.3 Å². The van der Waals surface area contributed by atoms with Crippen molar-refractivity contribution in [2.24, 2.45) is 4.99 Å². The van der Waals surface area contributed by atoms with Gasteiger partial charge in [0.2, 0.25) is 0 Å². The SMILES string of the molecule is COc1ccc(CCC2=NCCc3cc(C)ccc32)cc1OC. The molecule has 0 atom stereocenters. The fourth-order valence-corrected chi connectivity index (χ4v) is 3.12. The third-order valence-electron chi connectivity index (χ3n) is 4.35. The molecule has 2 aromatic carbocycles. The van der Waals surface area contributed by atoms with Crippen molar-refractivity contribution in [2.45, 2.75) is 26.2 Å². The number of aryl methyl sites for hydroxylation is 2. The lowest BCUT2D eigenvalue weighted by Crippen LogP contribution is -2.14. The number of fused-ring (bicyclic) bond motifs is 1. The van der Waals surface area contributed by atoms with Crippen LogP contribution >= 0.6 is 0 Å². The Bertz CT molecular complexity index is 734. The Balaban J connectivity index is 1.75. The molecule has 0 unspecified atom stereocenters. The molecule has 3 rings (SSSR count). The fraction of sp³-hybridized carbons (Fsp3) is 0.350. The van der Waals surface area contributed by atoms with Gasteiger partial charge < -0.3 is 9.47 Å². The Labute approximate surface area is 138 Å². The van der Waals surface area contributed by atoms with Gasteiger partial charge in [-0.3, -0.25) is 4.99 Å². The molecular formula is C20H23NO2. The molecule has 0 aliphatic carbocycles. The van der Waals surface area contributed by atoms with Gasteiger partial charge >= 0.3 is 0 Å². The van der Waals surface area contributed by atoms with E-state index >= 15 is 0 Å². The Kier molecular flexibility index (Phi) is 4.65. The van der Waals surface area contributed by atoms with Crippen molar-refractivity contribution in [3.8, 4) is 11.5 Å². The standard InChI is InChI=1S/C20H23NO2/c1-14-4-7-17-16(12-14)10-11-21-18(17)8-5-15-6-9-19(22-2)20(13-15)23-3/h4,6-7,9,12-13H,5,8,10-11H2,1-3H3. The molecule has 0 aromatic heterocycles. The summed E-state index contributed by atoms with van der Waals surface area (Å²) in [5, 5.41) is 0. The fourth-order valence-electron chi connectivity index (χ4n) is 3.12. The van der Waals surface area contributed by atoms with Crippen LogP contribution in [0.4, 0.5) is 0 Å². The summed E-state index contributed by atoms with van der Waals surface area (Å²) in [4.78, 5) is 4.75. The maximum atomic E-state index is 5.38. The normalized spacial score (nSPS) is 13.3. The minimum absolute atomic E-state index is 0.770. The minimum atomic E-state index is 0.770. The molecule has 0 fully saturated rings. The van der Waals surface area contributed by atoms with E-state index in [9.17, 15) is 0 Å². The van der Waals surface area contributed by atoms with Crippen LogP contribution in [0.3, 0.4) is 0 Å². The van der Waals surface area contributed by atoms with Crippen LogP contribution in [0.25, 0.3) is 0 Å². The molecule has 0 saturated heterocycles. The molecule has 0 spiro atoms. The highest BCUT2D eigenvalue weighted by molar-refractivity contribution is 6.02. The number of ether oxygens (including phenoxy) is 2. The molecule has 0 bridgehead atoms. The summed E-state index contributed by atoms with van der Waals surface area (Å²) in [6, 6.07) is 12.8. The van der Waals surface area contributed by atoms with Crippen LogP contribution in [0.2, 0.25) is 0 Å². The number of methoxy groups -OCH3 is 2. The molecule has 0 radical (unpaired) electrons. The third kappa shape index (κ3) is 3.39. The largest absolute Gasteiger partial charge is 0.493 e. The van der Waals surface area contributed by atoms with Gasteiger partial charge in [-0.1, -0.05) is 29.8 Å². The van der Waals surface area contributed by atoms with Crippen LogP contribution in [0.1, 0.15) is 28.7 Å². The van der Waals surface area contributed by atoms with Gasteiger partial charge in [0.05, 0.1) is 14.2 Å². The summed E-state index contributed by atoms with van der Waals surface area (Å²) in [6.45, 7) is 3.05. The van der Waals surface area contributed by atoms with Crippen molar-refractivity contribution in [1.82, 2.24) is 0 Å². The van der Waals surface area contributed by atoms with E-state index in [0.29, 0.717) is 0 Å². The lowest BCUT2D eigenvalue weighted by atomic mass is 9.92. The van der Waals surface area contributed by atoms with E-state index < -0.39 is 0 Å². The van der Waals surface area contributed by atoms with Crippen molar-refractivity contribution < 1.29 is 9.47 Å². The highest BCUT2D eigenvalue weighted by atomic mass is 16.5. The Morgan fingerprint density at radius 3 is 2.57 bits per heavy atom. The van der Waals surface area contributed by atoms with Crippen molar-refractivity contribution in [3.63, 3.8) is 0 Å². The quantitative estimate of drug-likeness (QED) is 0.836. The molecule has 1 heterocycles. The van der Waals surface area contributed by atoms with Crippen LogP contribution in [-0.2, 0) is 12.8 Å². The molecule has 3 nitrogen and oxygen atoms in total. The topological polar surface area (TPSA) is 30.8 Å². The number of nitrogens with zero attached hydrogens (tertiary/aromatic N) is 1. The lowest BCUT2D eigenvalue weighted by Gasteiger charge is -2.18. The molecule has 23 heavy (non-hydrogen) atoms. The molecule has 0 N–H and O–H groups in total. The van der Waals surface area contributed by atoms with E-state index in [2.05, 4.69) is 37.3 Å². The maximum absolute atomic E-state index is 5.38. The monoisotopic (exact) mass is 309 g/mol. The molecule has 1 aliphatic heterocycles. The highest BCUT2D eigenvalue weighted by Crippen LogP contribution is 2.28. The van der Waals surface area contributed by atoms with Crippen LogP contribution in [0.5, 0.6) is 11.5 Å². The summed E-state index contributed by atoms with van der Waals surface area (Å²) in [7, 11) is 3.33. The first-order valence-electron chi connectivity index (χ1n) is 8.05. The van der Waals surface area contributed by atoms with Gasteiger partial charge in [0.25, 0.3) is 0 Å². The van der Waals surface area contributed by atoms with Crippen LogP contribution < -0.4 is 9.47 Å². The van der Waals surface area contributed by atoms with Gasteiger partial charge in [-0.05, 0) is 55.0 Å². The van der Waals surface area contributed by atoms with Crippen molar-refractivity contribution in [2.75, 3.05) is 20.8 Å². The van der Waals surface area contributed by atoms with Gasteiger partial charge in [-0.2, -0.15) is 0 Å². The molecule has 120 valence electrons. The molecule has 0 saturated carbocycles. The van der Waals surface area contributed by atoms with Crippen molar-refractivity contribution >= 4 is 5.71 Å². The first-order valence-corrected chi connectivity index (χ1v) is 8.05. The van der Waals surface area contributed by atoms with E-state index in [4.69, 9.17) is 14.5 Å². The summed E-state index contributed by atoms with van der Waals surface area (Å²) in [5.74, 6) is 1.55. The predicted octanol–water partition coefficient (Wildman–Crippen LogP) is 3.99. The molecule has 3 heteroatoms. The Morgan fingerprint density at radius 1 is 0.957 bits per heavy atom.